The van der Waals surface area contributed by atoms with Gasteiger partial charge in [0.25, 0.3) is 0 Å². The number of nitrogens with one attached hydrogen (secondary N) is 1. The second-order valence-corrected chi connectivity index (χ2v) is 4.98. The molecule has 0 fully saturated rings. The molecule has 6 heteroatoms. The van der Waals surface area contributed by atoms with E-state index in [0.717, 1.165) is 28.3 Å². The fourth-order valence-corrected chi connectivity index (χ4v) is 2.37. The molecule has 0 saturated heterocycles. The molecule has 0 spiro atoms. The molecular formula is C9H11BrN4S. The Bertz CT molecular complexity index is 437. The van der Waals surface area contributed by atoms with Crippen molar-refractivity contribution in [3.05, 3.63) is 32.9 Å². The summed E-state index contributed by atoms with van der Waals surface area (Å²) in [6, 6.07) is 0. The molecule has 0 bridgehead atoms. The van der Waals surface area contributed by atoms with Crippen molar-refractivity contribution in [2.24, 2.45) is 0 Å². The summed E-state index contributed by atoms with van der Waals surface area (Å²) in [5, 5.41) is 10.4. The zero-order chi connectivity index (χ0) is 10.7. The van der Waals surface area contributed by atoms with Crippen LogP contribution in [0.4, 0.5) is 0 Å². The zero-order valence-corrected chi connectivity index (χ0v) is 10.7. The summed E-state index contributed by atoms with van der Waals surface area (Å²) < 4.78 is 2.86. The van der Waals surface area contributed by atoms with Crippen molar-refractivity contribution in [3.63, 3.8) is 0 Å². The number of nitrogens with zero attached hydrogens (tertiary/aromatic N) is 3. The van der Waals surface area contributed by atoms with Gasteiger partial charge in [0.1, 0.15) is 5.01 Å². The minimum absolute atomic E-state index is 0.728. The van der Waals surface area contributed by atoms with E-state index in [4.69, 9.17) is 0 Å². The largest absolute Gasteiger partial charge is 0.314 e. The Hall–Kier alpha value is -0.720. The van der Waals surface area contributed by atoms with E-state index in [9.17, 15) is 0 Å². The van der Waals surface area contributed by atoms with E-state index in [1.54, 1.807) is 17.5 Å². The van der Waals surface area contributed by atoms with E-state index in [1.165, 1.54) is 0 Å². The highest BCUT2D eigenvalue weighted by Gasteiger charge is 2.02. The van der Waals surface area contributed by atoms with Crippen LogP contribution in [0.2, 0.25) is 0 Å². The minimum Gasteiger partial charge on any atom is -0.314 e. The molecule has 2 aromatic rings. The SMILES string of the molecule is CNCc1nc(Cn2cc(Br)cn2)cs1. The van der Waals surface area contributed by atoms with Gasteiger partial charge in [-0.2, -0.15) is 5.10 Å². The Balaban J connectivity index is 2.04. The van der Waals surface area contributed by atoms with Crippen LogP contribution in [0, 0.1) is 0 Å². The van der Waals surface area contributed by atoms with Crippen LogP contribution < -0.4 is 5.32 Å². The second kappa shape index (κ2) is 4.87. The lowest BCUT2D eigenvalue weighted by molar-refractivity contribution is 0.671. The first kappa shape index (κ1) is 10.8. The molecule has 15 heavy (non-hydrogen) atoms. The summed E-state index contributed by atoms with van der Waals surface area (Å²) >= 11 is 5.04. The van der Waals surface area contributed by atoms with Gasteiger partial charge in [0.05, 0.1) is 22.9 Å². The Morgan fingerprint density at radius 2 is 2.47 bits per heavy atom. The number of halogens is 1. The quantitative estimate of drug-likeness (QED) is 0.933. The standard InChI is InChI=1S/C9H11BrN4S/c1-11-3-9-13-8(6-15-9)5-14-4-7(10)2-12-14/h2,4,6,11H,3,5H2,1H3. The van der Waals surface area contributed by atoms with Gasteiger partial charge in [0.2, 0.25) is 0 Å². The van der Waals surface area contributed by atoms with E-state index in [0.29, 0.717) is 0 Å². The molecule has 2 aromatic heterocycles. The lowest BCUT2D eigenvalue weighted by Crippen LogP contribution is -2.05. The van der Waals surface area contributed by atoms with Crippen molar-refractivity contribution in [1.82, 2.24) is 20.1 Å². The van der Waals surface area contributed by atoms with Gasteiger partial charge < -0.3 is 5.32 Å². The van der Waals surface area contributed by atoms with Crippen LogP contribution in [0.1, 0.15) is 10.7 Å². The maximum absolute atomic E-state index is 4.48. The average Bonchev–Trinajstić information content (AvgIpc) is 2.78. The van der Waals surface area contributed by atoms with Gasteiger partial charge in [-0.05, 0) is 23.0 Å². The lowest BCUT2D eigenvalue weighted by Gasteiger charge is -1.96. The normalized spacial score (nSPS) is 10.8. The summed E-state index contributed by atoms with van der Waals surface area (Å²) in [6.45, 7) is 1.55. The Kier molecular flexibility index (Phi) is 3.50. The lowest BCUT2D eigenvalue weighted by atomic mass is 10.5. The molecule has 0 radical (unpaired) electrons. The highest BCUT2D eigenvalue weighted by Crippen LogP contribution is 2.12. The molecule has 0 aromatic carbocycles. The summed E-state index contributed by atoms with van der Waals surface area (Å²) in [7, 11) is 1.92. The number of thiazole rings is 1. The van der Waals surface area contributed by atoms with Crippen molar-refractivity contribution < 1.29 is 0 Å². The van der Waals surface area contributed by atoms with Gasteiger partial charge in [0, 0.05) is 18.1 Å². The molecule has 2 heterocycles. The number of hydrogen-bond donors (Lipinski definition) is 1. The van der Waals surface area contributed by atoms with Gasteiger partial charge >= 0.3 is 0 Å². The Morgan fingerprint density at radius 1 is 1.60 bits per heavy atom. The van der Waals surface area contributed by atoms with Crippen LogP contribution >= 0.6 is 27.3 Å². The molecular weight excluding hydrogens is 276 g/mol. The van der Waals surface area contributed by atoms with Gasteiger partial charge in [-0.25, -0.2) is 4.98 Å². The van der Waals surface area contributed by atoms with E-state index in [1.807, 2.05) is 17.9 Å². The molecule has 80 valence electrons. The Labute approximate surface area is 100 Å². The first-order valence-electron chi connectivity index (χ1n) is 4.54. The van der Waals surface area contributed by atoms with E-state index in [-0.39, 0.29) is 0 Å². The van der Waals surface area contributed by atoms with Crippen LogP contribution in [0.15, 0.2) is 22.2 Å². The van der Waals surface area contributed by atoms with Crippen LogP contribution in [0.5, 0.6) is 0 Å². The Morgan fingerprint density at radius 3 is 3.13 bits per heavy atom. The topological polar surface area (TPSA) is 42.7 Å². The van der Waals surface area contributed by atoms with Crippen molar-refractivity contribution >= 4 is 27.3 Å². The third-order valence-electron chi connectivity index (χ3n) is 1.85. The predicted octanol–water partition coefficient (Wildman–Crippen LogP) is 1.87. The smallest absolute Gasteiger partial charge is 0.107 e. The van der Waals surface area contributed by atoms with Crippen LogP contribution in [0.3, 0.4) is 0 Å². The average molecular weight is 287 g/mol. The third-order valence-corrected chi connectivity index (χ3v) is 3.16. The van der Waals surface area contributed by atoms with E-state index >= 15 is 0 Å². The van der Waals surface area contributed by atoms with E-state index < -0.39 is 0 Å². The van der Waals surface area contributed by atoms with Crippen molar-refractivity contribution in [2.45, 2.75) is 13.1 Å². The molecule has 1 N–H and O–H groups in total. The number of hydrogen-bond acceptors (Lipinski definition) is 4. The molecule has 4 nitrogen and oxygen atoms in total. The van der Waals surface area contributed by atoms with Gasteiger partial charge in [0.15, 0.2) is 0 Å². The number of aromatic nitrogens is 3. The molecule has 0 aliphatic heterocycles. The molecule has 0 amide bonds. The monoisotopic (exact) mass is 286 g/mol. The second-order valence-electron chi connectivity index (χ2n) is 3.12. The van der Waals surface area contributed by atoms with Gasteiger partial charge in [-0.1, -0.05) is 0 Å². The molecule has 0 unspecified atom stereocenters. The third kappa shape index (κ3) is 2.87. The fraction of sp³-hybridized carbons (Fsp3) is 0.333. The summed E-state index contributed by atoms with van der Waals surface area (Å²) in [5.74, 6) is 0. The van der Waals surface area contributed by atoms with Crippen molar-refractivity contribution in [2.75, 3.05) is 7.05 Å². The molecule has 0 atom stereocenters. The fourth-order valence-electron chi connectivity index (χ4n) is 1.24. The highest BCUT2D eigenvalue weighted by molar-refractivity contribution is 9.10. The van der Waals surface area contributed by atoms with Crippen LogP contribution in [0.25, 0.3) is 0 Å². The first-order valence-corrected chi connectivity index (χ1v) is 6.21. The van der Waals surface area contributed by atoms with Crippen molar-refractivity contribution in [3.8, 4) is 0 Å². The van der Waals surface area contributed by atoms with Crippen molar-refractivity contribution in [1.29, 1.82) is 0 Å². The highest BCUT2D eigenvalue weighted by atomic mass is 79.9. The number of rotatable bonds is 4. The molecule has 0 saturated carbocycles. The first-order chi connectivity index (χ1) is 7.28. The zero-order valence-electron chi connectivity index (χ0n) is 8.27. The summed E-state index contributed by atoms with van der Waals surface area (Å²) in [5.41, 5.74) is 1.06. The predicted molar refractivity (Wildman–Crippen MR) is 63.9 cm³/mol. The van der Waals surface area contributed by atoms with E-state index in [2.05, 4.69) is 36.7 Å². The van der Waals surface area contributed by atoms with Gasteiger partial charge in [-0.15, -0.1) is 11.3 Å². The molecule has 0 aliphatic rings. The molecule has 0 aliphatic carbocycles. The maximum atomic E-state index is 4.48. The molecule has 2 rings (SSSR count). The maximum Gasteiger partial charge on any atom is 0.107 e. The van der Waals surface area contributed by atoms with Crippen LogP contribution in [-0.2, 0) is 13.1 Å². The summed E-state index contributed by atoms with van der Waals surface area (Å²) in [6.07, 6.45) is 3.72. The summed E-state index contributed by atoms with van der Waals surface area (Å²) in [4.78, 5) is 4.48. The van der Waals surface area contributed by atoms with Gasteiger partial charge in [-0.3, -0.25) is 4.68 Å². The van der Waals surface area contributed by atoms with Crippen LogP contribution in [-0.4, -0.2) is 21.8 Å². The minimum atomic E-state index is 0.728.